The summed E-state index contributed by atoms with van der Waals surface area (Å²) in [6.45, 7) is 1.91. The van der Waals surface area contributed by atoms with E-state index in [0.29, 0.717) is 26.3 Å². The Morgan fingerprint density at radius 3 is 2.69 bits per heavy atom. The van der Waals surface area contributed by atoms with Gasteiger partial charge in [0, 0.05) is 19.2 Å². The van der Waals surface area contributed by atoms with Crippen LogP contribution in [0.15, 0.2) is 10.9 Å². The number of nitrogens with zero attached hydrogens (tertiary/aromatic N) is 3. The molecule has 10 heteroatoms. The van der Waals surface area contributed by atoms with Crippen molar-refractivity contribution in [2.24, 2.45) is 0 Å². The van der Waals surface area contributed by atoms with Gasteiger partial charge >= 0.3 is 0 Å². The van der Waals surface area contributed by atoms with Gasteiger partial charge in [-0.05, 0) is 31.2 Å². The Balaban J connectivity index is 1.56. The van der Waals surface area contributed by atoms with Gasteiger partial charge in [0.15, 0.2) is 0 Å². The van der Waals surface area contributed by atoms with Crippen LogP contribution in [0.1, 0.15) is 30.1 Å². The highest BCUT2D eigenvalue weighted by molar-refractivity contribution is 7.87. The maximum atomic E-state index is 12.6. The van der Waals surface area contributed by atoms with E-state index in [1.165, 1.54) is 8.99 Å². The van der Waals surface area contributed by atoms with Crippen LogP contribution in [0.25, 0.3) is 0 Å². The van der Waals surface area contributed by atoms with Crippen molar-refractivity contribution in [2.45, 2.75) is 37.8 Å². The largest absolute Gasteiger partial charge is 0.379 e. The van der Waals surface area contributed by atoms with Gasteiger partial charge in [-0.15, -0.1) is 0 Å². The van der Waals surface area contributed by atoms with Gasteiger partial charge in [-0.25, -0.2) is 4.68 Å². The van der Waals surface area contributed by atoms with E-state index in [2.05, 4.69) is 9.82 Å². The Morgan fingerprint density at radius 2 is 1.88 bits per heavy atom. The van der Waals surface area contributed by atoms with E-state index < -0.39 is 22.3 Å². The minimum absolute atomic E-state index is 0.197. The van der Waals surface area contributed by atoms with Crippen LogP contribution in [0, 0.1) is 0 Å². The van der Waals surface area contributed by atoms with Crippen LogP contribution in [0.4, 0.5) is 0 Å². The number of hydrogen-bond donors (Lipinski definition) is 1. The average Bonchev–Trinajstić information content (AvgIpc) is 3.09. The van der Waals surface area contributed by atoms with E-state index in [9.17, 15) is 13.2 Å². The summed E-state index contributed by atoms with van der Waals surface area (Å²) in [6.07, 6.45) is 3.87. The quantitative estimate of drug-likeness (QED) is 0.731. The molecule has 2 unspecified atom stereocenters. The summed E-state index contributed by atoms with van der Waals surface area (Å²) in [5.74, 6) is 0. The molecule has 0 radical (unpaired) electrons. The summed E-state index contributed by atoms with van der Waals surface area (Å²) in [4.78, 5) is 12.5. The minimum atomic E-state index is -3.66. The predicted octanol–water partition coefficient (Wildman–Crippen LogP) is -0.771. The Kier molecular flexibility index (Phi) is 5.11. The Labute approximate surface area is 152 Å². The first kappa shape index (κ1) is 18.1. The van der Waals surface area contributed by atoms with Gasteiger partial charge in [0.05, 0.1) is 44.2 Å². The smallest absolute Gasteiger partial charge is 0.280 e. The number of hydrogen-bond acceptors (Lipinski definition) is 6. The molecular weight excluding hydrogens is 360 g/mol. The van der Waals surface area contributed by atoms with Crippen molar-refractivity contribution in [1.29, 1.82) is 0 Å². The molecule has 0 spiro atoms. The highest BCUT2D eigenvalue weighted by Crippen LogP contribution is 2.22. The highest BCUT2D eigenvalue weighted by Gasteiger charge is 2.37. The molecule has 4 rings (SSSR count). The summed E-state index contributed by atoms with van der Waals surface area (Å²) in [6, 6.07) is 0.688. The zero-order valence-electron chi connectivity index (χ0n) is 14.6. The fraction of sp³-hybridized carbons (Fsp3) is 0.750. The van der Waals surface area contributed by atoms with Gasteiger partial charge in [0.25, 0.3) is 15.8 Å². The molecule has 1 aromatic heterocycles. The first-order chi connectivity index (χ1) is 12.5. The molecule has 1 aliphatic carbocycles. The molecule has 9 nitrogen and oxygen atoms in total. The summed E-state index contributed by atoms with van der Waals surface area (Å²) in [5.41, 5.74) is 1.76. The van der Waals surface area contributed by atoms with Crippen molar-refractivity contribution >= 4 is 10.2 Å². The lowest BCUT2D eigenvalue weighted by Crippen LogP contribution is -2.52. The monoisotopic (exact) mass is 384 g/mol. The van der Waals surface area contributed by atoms with E-state index in [1.54, 1.807) is 6.07 Å². The predicted molar refractivity (Wildman–Crippen MR) is 93.2 cm³/mol. The maximum absolute atomic E-state index is 12.6. The first-order valence-corrected chi connectivity index (χ1v) is 10.5. The molecular formula is C16H24N4O5S. The molecule has 26 heavy (non-hydrogen) atoms. The number of rotatable bonds is 4. The number of nitrogens with one attached hydrogen (secondary N) is 1. The minimum Gasteiger partial charge on any atom is -0.379 e. The molecule has 2 atom stereocenters. The van der Waals surface area contributed by atoms with Gasteiger partial charge < -0.3 is 9.47 Å². The van der Waals surface area contributed by atoms with Gasteiger partial charge in [-0.3, -0.25) is 4.79 Å². The molecule has 3 aliphatic rings. The van der Waals surface area contributed by atoms with Crippen molar-refractivity contribution in [2.75, 3.05) is 39.5 Å². The van der Waals surface area contributed by atoms with E-state index in [0.717, 1.165) is 36.9 Å². The number of aromatic nitrogens is 2. The topological polar surface area (TPSA) is 103 Å². The SMILES string of the molecule is O=c1cc2c(nn1C1COCC1NS(=O)(=O)N1CCOCC1)CCCC2. The van der Waals surface area contributed by atoms with Crippen LogP contribution >= 0.6 is 0 Å². The van der Waals surface area contributed by atoms with Crippen molar-refractivity contribution in [3.63, 3.8) is 0 Å². The number of aryl methyl sites for hydroxylation is 2. The lowest BCUT2D eigenvalue weighted by molar-refractivity contribution is 0.0722. The lowest BCUT2D eigenvalue weighted by atomic mass is 9.97. The molecule has 2 saturated heterocycles. The third-order valence-corrected chi connectivity index (χ3v) is 6.85. The van der Waals surface area contributed by atoms with Gasteiger partial charge in [0.1, 0.15) is 0 Å². The first-order valence-electron chi connectivity index (χ1n) is 9.09. The molecule has 0 amide bonds. The number of fused-ring (bicyclic) bond motifs is 1. The van der Waals surface area contributed by atoms with E-state index in [1.807, 2.05) is 0 Å². The van der Waals surface area contributed by atoms with Crippen molar-refractivity contribution in [1.82, 2.24) is 18.8 Å². The van der Waals surface area contributed by atoms with Gasteiger partial charge in [-0.1, -0.05) is 0 Å². The van der Waals surface area contributed by atoms with Crippen molar-refractivity contribution in [3.05, 3.63) is 27.7 Å². The fourth-order valence-electron chi connectivity index (χ4n) is 3.76. The standard InChI is InChI=1S/C16H24N4O5S/c21-16-9-12-3-1-2-4-13(12)17-20(16)15-11-25-10-14(15)18-26(22,23)19-5-7-24-8-6-19/h9,14-15,18H,1-8,10-11H2. The second-order valence-corrected chi connectivity index (χ2v) is 8.65. The van der Waals surface area contributed by atoms with E-state index in [-0.39, 0.29) is 18.8 Å². The molecule has 3 heterocycles. The van der Waals surface area contributed by atoms with Crippen LogP contribution in [0.2, 0.25) is 0 Å². The summed E-state index contributed by atoms with van der Waals surface area (Å²) >= 11 is 0. The highest BCUT2D eigenvalue weighted by atomic mass is 32.2. The van der Waals surface area contributed by atoms with Crippen LogP contribution in [-0.2, 0) is 32.5 Å². The third kappa shape index (κ3) is 3.56. The normalized spacial score (nSPS) is 27.4. The zero-order chi connectivity index (χ0) is 18.1. The Hall–Kier alpha value is -1.33. The lowest BCUT2D eigenvalue weighted by Gasteiger charge is -2.29. The second-order valence-electron chi connectivity index (χ2n) is 6.95. The molecule has 0 aromatic carbocycles. The molecule has 144 valence electrons. The van der Waals surface area contributed by atoms with Crippen LogP contribution in [0.5, 0.6) is 0 Å². The van der Waals surface area contributed by atoms with Crippen molar-refractivity contribution in [3.8, 4) is 0 Å². The second kappa shape index (κ2) is 7.35. The Bertz CT molecular complexity index is 818. The third-order valence-electron chi connectivity index (χ3n) is 5.21. The van der Waals surface area contributed by atoms with Gasteiger partial charge in [0.2, 0.25) is 0 Å². The average molecular weight is 384 g/mol. The molecule has 1 aromatic rings. The van der Waals surface area contributed by atoms with Crippen molar-refractivity contribution < 1.29 is 17.9 Å². The molecule has 2 aliphatic heterocycles. The van der Waals surface area contributed by atoms with Gasteiger partial charge in [-0.2, -0.15) is 22.5 Å². The summed E-state index contributed by atoms with van der Waals surface area (Å²) < 4.78 is 41.4. The van der Waals surface area contributed by atoms with E-state index >= 15 is 0 Å². The van der Waals surface area contributed by atoms with Crippen LogP contribution in [-0.4, -0.2) is 68.1 Å². The van der Waals surface area contributed by atoms with Crippen LogP contribution in [0.3, 0.4) is 0 Å². The molecule has 0 bridgehead atoms. The fourth-order valence-corrected chi connectivity index (χ4v) is 5.15. The Morgan fingerprint density at radius 1 is 1.12 bits per heavy atom. The number of morpholine rings is 1. The summed E-state index contributed by atoms with van der Waals surface area (Å²) in [5, 5.41) is 4.54. The molecule has 0 saturated carbocycles. The molecule has 1 N–H and O–H groups in total. The van der Waals surface area contributed by atoms with Crippen LogP contribution < -0.4 is 10.3 Å². The maximum Gasteiger partial charge on any atom is 0.280 e. The molecule has 2 fully saturated rings. The van der Waals surface area contributed by atoms with E-state index in [4.69, 9.17) is 9.47 Å². The zero-order valence-corrected chi connectivity index (χ0v) is 15.4. The number of ether oxygens (including phenoxy) is 2. The summed E-state index contributed by atoms with van der Waals surface area (Å²) in [7, 11) is -3.66.